The summed E-state index contributed by atoms with van der Waals surface area (Å²) in [7, 11) is 2.12. The van der Waals surface area contributed by atoms with Crippen LogP contribution >= 0.6 is 0 Å². The Morgan fingerprint density at radius 2 is 2.14 bits per heavy atom. The Balaban J connectivity index is 1.46. The van der Waals surface area contributed by atoms with Gasteiger partial charge in [0.05, 0.1) is 36.3 Å². The van der Waals surface area contributed by atoms with Crippen LogP contribution in [0.2, 0.25) is 0 Å². The van der Waals surface area contributed by atoms with Gasteiger partial charge in [0.1, 0.15) is 6.17 Å². The molecule has 0 aromatic carbocycles. The average molecular weight is 483 g/mol. The minimum atomic E-state index is -1.24. The number of fused-ring (bicyclic) bond motifs is 1. The Hall–Kier alpha value is -3.54. The van der Waals surface area contributed by atoms with Gasteiger partial charge in [-0.3, -0.25) is 9.48 Å². The standard InChI is InChI=1S/C23H31FN10O/c1-5-19(35)26-18-11-33(10-16(18)24)23-28-21(20-22(29-23)32(6-2)13-25-20)27-17-12-34(30-14(17)3)15-7-8-31(4)9-15/h5,12-13,15-16,18H,1,6-11H2,2-4H3,(H,26,35)(H,27,28,29)/t15?,16-,18+/m0/s1. The van der Waals surface area contributed by atoms with Gasteiger partial charge in [0.25, 0.3) is 0 Å². The fraction of sp³-hybridized carbons (Fsp3) is 0.522. The highest BCUT2D eigenvalue weighted by atomic mass is 19.1. The number of hydrogen-bond donors (Lipinski definition) is 2. The van der Waals surface area contributed by atoms with E-state index >= 15 is 0 Å². The number of aromatic nitrogens is 6. The minimum absolute atomic E-state index is 0.0828. The normalized spacial score (nSPS) is 22.7. The minimum Gasteiger partial charge on any atom is -0.345 e. The van der Waals surface area contributed by atoms with E-state index in [-0.39, 0.29) is 13.1 Å². The molecule has 5 rings (SSSR count). The molecule has 3 atom stereocenters. The van der Waals surface area contributed by atoms with Gasteiger partial charge in [-0.05, 0) is 39.9 Å². The first-order valence-corrected chi connectivity index (χ1v) is 11.9. The number of hydrogen-bond acceptors (Lipinski definition) is 8. The molecule has 5 heterocycles. The van der Waals surface area contributed by atoms with Crippen LogP contribution in [0.3, 0.4) is 0 Å². The predicted molar refractivity (Wildman–Crippen MR) is 132 cm³/mol. The molecule has 0 bridgehead atoms. The Bertz CT molecular complexity index is 1250. The van der Waals surface area contributed by atoms with Gasteiger partial charge in [-0.2, -0.15) is 15.1 Å². The third-order valence-electron chi connectivity index (χ3n) is 6.75. The zero-order valence-corrected chi connectivity index (χ0v) is 20.3. The van der Waals surface area contributed by atoms with Gasteiger partial charge in [0.15, 0.2) is 17.0 Å². The molecule has 186 valence electrons. The van der Waals surface area contributed by atoms with Crippen molar-refractivity contribution in [2.75, 3.05) is 43.4 Å². The molecule has 2 saturated heterocycles. The second-order valence-corrected chi connectivity index (χ2v) is 9.25. The molecule has 0 spiro atoms. The van der Waals surface area contributed by atoms with Crippen LogP contribution in [0.1, 0.15) is 25.1 Å². The zero-order chi connectivity index (χ0) is 24.7. The van der Waals surface area contributed by atoms with Crippen molar-refractivity contribution in [2.24, 2.45) is 0 Å². The highest BCUT2D eigenvalue weighted by molar-refractivity contribution is 5.88. The van der Waals surface area contributed by atoms with Crippen molar-refractivity contribution < 1.29 is 9.18 Å². The lowest BCUT2D eigenvalue weighted by Crippen LogP contribution is -2.40. The number of halogens is 1. The number of alkyl halides is 1. The van der Waals surface area contributed by atoms with Crippen LogP contribution in [0.4, 0.5) is 21.8 Å². The first-order valence-electron chi connectivity index (χ1n) is 11.9. The molecule has 0 saturated carbocycles. The van der Waals surface area contributed by atoms with Gasteiger partial charge < -0.3 is 25.0 Å². The second-order valence-electron chi connectivity index (χ2n) is 9.25. The maximum atomic E-state index is 14.7. The Kier molecular flexibility index (Phi) is 6.13. The smallest absolute Gasteiger partial charge is 0.243 e. The summed E-state index contributed by atoms with van der Waals surface area (Å²) in [6.45, 7) is 10.5. The molecule has 2 N–H and O–H groups in total. The molecule has 1 unspecified atom stereocenters. The molecule has 3 aromatic heterocycles. The predicted octanol–water partition coefficient (Wildman–Crippen LogP) is 1.80. The van der Waals surface area contributed by atoms with E-state index in [2.05, 4.69) is 34.1 Å². The summed E-state index contributed by atoms with van der Waals surface area (Å²) in [6, 6.07) is -0.319. The van der Waals surface area contributed by atoms with Gasteiger partial charge in [-0.25, -0.2) is 9.37 Å². The first kappa shape index (κ1) is 23.2. The van der Waals surface area contributed by atoms with Gasteiger partial charge in [-0.15, -0.1) is 0 Å². The summed E-state index contributed by atoms with van der Waals surface area (Å²) in [4.78, 5) is 29.7. The molecule has 12 heteroatoms. The van der Waals surface area contributed by atoms with Crippen LogP contribution in [0.15, 0.2) is 25.2 Å². The maximum Gasteiger partial charge on any atom is 0.243 e. The number of amides is 1. The van der Waals surface area contributed by atoms with E-state index in [1.54, 1.807) is 11.2 Å². The number of nitrogens with zero attached hydrogens (tertiary/aromatic N) is 8. The van der Waals surface area contributed by atoms with E-state index in [1.165, 1.54) is 0 Å². The van der Waals surface area contributed by atoms with Crippen LogP contribution in [0.25, 0.3) is 11.2 Å². The Morgan fingerprint density at radius 1 is 1.31 bits per heavy atom. The summed E-state index contributed by atoms with van der Waals surface area (Å²) in [5.41, 5.74) is 3.00. The van der Waals surface area contributed by atoms with E-state index in [1.807, 2.05) is 29.3 Å². The monoisotopic (exact) mass is 482 g/mol. The molecular formula is C23H31FN10O. The summed E-state index contributed by atoms with van der Waals surface area (Å²) in [5, 5.41) is 10.8. The van der Waals surface area contributed by atoms with E-state index in [0.717, 1.165) is 37.0 Å². The molecular weight excluding hydrogens is 451 g/mol. The number of anilines is 3. The largest absolute Gasteiger partial charge is 0.345 e. The van der Waals surface area contributed by atoms with Crippen molar-refractivity contribution >= 4 is 34.5 Å². The molecule has 2 fully saturated rings. The van der Waals surface area contributed by atoms with Crippen molar-refractivity contribution in [3.8, 4) is 0 Å². The fourth-order valence-corrected chi connectivity index (χ4v) is 4.74. The topological polar surface area (TPSA) is 109 Å². The number of imidazole rings is 1. The van der Waals surface area contributed by atoms with Gasteiger partial charge >= 0.3 is 0 Å². The summed E-state index contributed by atoms with van der Waals surface area (Å²) in [5.74, 6) is 0.524. The number of carbonyl (C=O) groups is 1. The van der Waals surface area contributed by atoms with Crippen molar-refractivity contribution in [3.63, 3.8) is 0 Å². The maximum absolute atomic E-state index is 14.7. The molecule has 3 aromatic rings. The third-order valence-corrected chi connectivity index (χ3v) is 6.75. The summed E-state index contributed by atoms with van der Waals surface area (Å²) >= 11 is 0. The third kappa shape index (κ3) is 4.45. The molecule has 2 aliphatic rings. The zero-order valence-electron chi connectivity index (χ0n) is 20.3. The van der Waals surface area contributed by atoms with Crippen LogP contribution in [0, 0.1) is 6.92 Å². The molecule has 35 heavy (non-hydrogen) atoms. The van der Waals surface area contributed by atoms with Crippen molar-refractivity contribution in [1.29, 1.82) is 0 Å². The van der Waals surface area contributed by atoms with Crippen LogP contribution in [-0.2, 0) is 11.3 Å². The van der Waals surface area contributed by atoms with Gasteiger partial charge in [-0.1, -0.05) is 6.58 Å². The first-order chi connectivity index (χ1) is 16.9. The van der Waals surface area contributed by atoms with Gasteiger partial charge in [0.2, 0.25) is 11.9 Å². The van der Waals surface area contributed by atoms with E-state index in [9.17, 15) is 9.18 Å². The SMILES string of the molecule is C=CC(=O)N[C@@H]1CN(c2nc(Nc3cn(C4CCN(C)C4)nc3C)c3ncn(CC)c3n2)C[C@@H]1F. The lowest BCUT2D eigenvalue weighted by atomic mass is 10.2. The Morgan fingerprint density at radius 3 is 2.86 bits per heavy atom. The number of rotatable bonds is 7. The number of carbonyl (C=O) groups excluding carboxylic acids is 1. The van der Waals surface area contributed by atoms with E-state index < -0.39 is 18.1 Å². The van der Waals surface area contributed by atoms with Crippen molar-refractivity contribution in [3.05, 3.63) is 30.9 Å². The molecule has 11 nitrogen and oxygen atoms in total. The van der Waals surface area contributed by atoms with Crippen molar-refractivity contribution in [2.45, 2.75) is 45.1 Å². The quantitative estimate of drug-likeness (QED) is 0.491. The lowest BCUT2D eigenvalue weighted by Gasteiger charge is -2.17. The summed E-state index contributed by atoms with van der Waals surface area (Å²) < 4.78 is 18.7. The number of likely N-dealkylation sites (tertiary alicyclic amines) is 1. The highest BCUT2D eigenvalue weighted by Crippen LogP contribution is 2.30. The highest BCUT2D eigenvalue weighted by Gasteiger charge is 2.35. The molecule has 1 amide bonds. The summed E-state index contributed by atoms with van der Waals surface area (Å²) in [6.07, 6.45) is 4.70. The number of likely N-dealkylation sites (N-methyl/N-ethyl adjacent to an activating group) is 1. The van der Waals surface area contributed by atoms with Gasteiger partial charge in [0, 0.05) is 25.8 Å². The second kappa shape index (κ2) is 9.25. The van der Waals surface area contributed by atoms with Crippen LogP contribution in [0.5, 0.6) is 0 Å². The molecule has 2 aliphatic heterocycles. The van der Waals surface area contributed by atoms with Crippen molar-refractivity contribution in [1.82, 2.24) is 39.5 Å². The number of nitrogens with one attached hydrogen (secondary N) is 2. The molecule has 0 aliphatic carbocycles. The fourth-order valence-electron chi connectivity index (χ4n) is 4.74. The number of aryl methyl sites for hydroxylation is 2. The van der Waals surface area contributed by atoms with E-state index in [4.69, 9.17) is 15.1 Å². The average Bonchev–Trinajstić information content (AvgIpc) is 3.61. The lowest BCUT2D eigenvalue weighted by molar-refractivity contribution is -0.117. The molecule has 0 radical (unpaired) electrons. The van der Waals surface area contributed by atoms with Crippen LogP contribution < -0.4 is 15.5 Å². The van der Waals surface area contributed by atoms with E-state index in [0.29, 0.717) is 35.5 Å². The van der Waals surface area contributed by atoms with Crippen LogP contribution in [-0.4, -0.2) is 85.5 Å². The Labute approximate surface area is 203 Å².